The minimum Gasteiger partial charge on any atom is -0.347 e. The van der Waals surface area contributed by atoms with E-state index in [0.29, 0.717) is 29.8 Å². The van der Waals surface area contributed by atoms with Crippen LogP contribution in [0.5, 0.6) is 0 Å². The van der Waals surface area contributed by atoms with E-state index in [9.17, 15) is 4.79 Å². The highest BCUT2D eigenvalue weighted by atomic mass is 16.2. The lowest BCUT2D eigenvalue weighted by molar-refractivity contribution is 0.0904. The highest BCUT2D eigenvalue weighted by molar-refractivity contribution is 5.92. The Bertz CT molecular complexity index is 633. The molecule has 1 aliphatic heterocycles. The lowest BCUT2D eigenvalue weighted by Crippen LogP contribution is -2.40. The molecule has 0 aromatic carbocycles. The van der Waals surface area contributed by atoms with E-state index >= 15 is 0 Å². The van der Waals surface area contributed by atoms with Gasteiger partial charge in [0.1, 0.15) is 5.69 Å². The second-order valence-corrected chi connectivity index (χ2v) is 4.92. The minimum atomic E-state index is -0.167. The molecule has 0 spiro atoms. The van der Waals surface area contributed by atoms with Crippen LogP contribution in [-0.4, -0.2) is 37.2 Å². The van der Waals surface area contributed by atoms with E-state index in [2.05, 4.69) is 25.5 Å². The van der Waals surface area contributed by atoms with Crippen molar-refractivity contribution in [3.05, 3.63) is 24.4 Å². The number of amides is 1. The first kappa shape index (κ1) is 10.6. The number of carbonyl (C=O) groups is 1. The molecule has 1 saturated carbocycles. The molecule has 7 heteroatoms. The lowest BCUT2D eigenvalue weighted by atomic mass is 10.1. The fourth-order valence-corrected chi connectivity index (χ4v) is 2.58. The molecule has 1 N–H and O–H groups in total. The average molecular weight is 256 g/mol. The molecule has 19 heavy (non-hydrogen) atoms. The fourth-order valence-electron chi connectivity index (χ4n) is 2.58. The molecule has 4 rings (SSSR count). The van der Waals surface area contributed by atoms with Crippen LogP contribution in [-0.2, 0) is 0 Å². The van der Waals surface area contributed by atoms with Crippen LogP contribution in [0.2, 0.25) is 0 Å². The summed E-state index contributed by atoms with van der Waals surface area (Å²) in [5, 5.41) is 11.0. The van der Waals surface area contributed by atoms with Crippen molar-refractivity contribution in [2.75, 3.05) is 6.54 Å². The van der Waals surface area contributed by atoms with Crippen LogP contribution in [0.25, 0.3) is 11.5 Å². The molecule has 7 nitrogen and oxygen atoms in total. The summed E-state index contributed by atoms with van der Waals surface area (Å²) < 4.78 is 1.93. The Kier molecular flexibility index (Phi) is 2.14. The van der Waals surface area contributed by atoms with Crippen LogP contribution in [0.15, 0.2) is 18.6 Å². The Labute approximate surface area is 109 Å². The summed E-state index contributed by atoms with van der Waals surface area (Å²) in [6.45, 7) is 0.641. The van der Waals surface area contributed by atoms with Gasteiger partial charge in [0.05, 0.1) is 12.2 Å². The molecule has 2 aromatic rings. The third kappa shape index (κ3) is 1.61. The largest absolute Gasteiger partial charge is 0.347 e. The maximum Gasteiger partial charge on any atom is 0.289 e. The Morgan fingerprint density at radius 2 is 2.05 bits per heavy atom. The summed E-state index contributed by atoms with van der Waals surface area (Å²) in [5.41, 5.74) is 0.654. The molecule has 0 radical (unpaired) electrons. The summed E-state index contributed by atoms with van der Waals surface area (Å²) in [6.07, 6.45) is 7.26. The van der Waals surface area contributed by atoms with Crippen LogP contribution in [0.3, 0.4) is 0 Å². The molecule has 1 atom stereocenters. The maximum absolute atomic E-state index is 11.8. The molecule has 1 unspecified atom stereocenters. The smallest absolute Gasteiger partial charge is 0.289 e. The van der Waals surface area contributed by atoms with Crippen molar-refractivity contribution in [3.8, 4) is 11.5 Å². The molecule has 2 aromatic heterocycles. The predicted octanol–water partition coefficient (Wildman–Crippen LogP) is 0.430. The zero-order valence-corrected chi connectivity index (χ0v) is 10.2. The number of fused-ring (bicyclic) bond motifs is 1. The summed E-state index contributed by atoms with van der Waals surface area (Å²) in [7, 11) is 0. The van der Waals surface area contributed by atoms with Crippen molar-refractivity contribution >= 4 is 5.91 Å². The molecule has 96 valence electrons. The number of hydrogen-bond donors (Lipinski definition) is 1. The van der Waals surface area contributed by atoms with Crippen molar-refractivity contribution in [3.63, 3.8) is 0 Å². The van der Waals surface area contributed by atoms with E-state index in [4.69, 9.17) is 0 Å². The molecule has 1 fully saturated rings. The standard InChI is InChI=1S/C12H12N6O/c19-12-11-17-16-10(8-5-13-3-4-14-8)18(11)9(6-15-12)7-1-2-7/h3-5,7,9H,1-2,6H2,(H,15,19). The van der Waals surface area contributed by atoms with Crippen LogP contribution < -0.4 is 5.32 Å². The van der Waals surface area contributed by atoms with Crippen LogP contribution >= 0.6 is 0 Å². The zero-order chi connectivity index (χ0) is 12.8. The number of hydrogen-bond acceptors (Lipinski definition) is 5. The van der Waals surface area contributed by atoms with Crippen molar-refractivity contribution in [2.24, 2.45) is 5.92 Å². The molecule has 3 heterocycles. The third-order valence-corrected chi connectivity index (χ3v) is 3.66. The maximum atomic E-state index is 11.8. The van der Waals surface area contributed by atoms with Crippen LogP contribution in [0.1, 0.15) is 29.5 Å². The Morgan fingerprint density at radius 1 is 1.21 bits per heavy atom. The van der Waals surface area contributed by atoms with E-state index in [0.717, 1.165) is 0 Å². The molecule has 1 amide bonds. The van der Waals surface area contributed by atoms with E-state index in [1.165, 1.54) is 12.8 Å². The molecule has 2 aliphatic rings. The molecule has 1 aliphatic carbocycles. The second kappa shape index (κ2) is 3.84. The topological polar surface area (TPSA) is 85.6 Å². The first-order valence-electron chi connectivity index (χ1n) is 6.34. The first-order valence-corrected chi connectivity index (χ1v) is 6.34. The van der Waals surface area contributed by atoms with Crippen LogP contribution in [0.4, 0.5) is 0 Å². The van der Waals surface area contributed by atoms with Gasteiger partial charge in [-0.25, -0.2) is 4.98 Å². The SMILES string of the molecule is O=C1NCC(C2CC2)n2c1nnc2-c1cnccn1. The van der Waals surface area contributed by atoms with Gasteiger partial charge in [-0.05, 0) is 18.8 Å². The number of aromatic nitrogens is 5. The summed E-state index contributed by atoms with van der Waals surface area (Å²) in [6, 6.07) is 0.236. The molecular weight excluding hydrogens is 244 g/mol. The van der Waals surface area contributed by atoms with E-state index in [-0.39, 0.29) is 11.9 Å². The Morgan fingerprint density at radius 3 is 2.79 bits per heavy atom. The second-order valence-electron chi connectivity index (χ2n) is 4.92. The van der Waals surface area contributed by atoms with E-state index < -0.39 is 0 Å². The van der Waals surface area contributed by atoms with Crippen LogP contribution in [0, 0.1) is 5.92 Å². The van der Waals surface area contributed by atoms with Gasteiger partial charge in [-0.3, -0.25) is 14.3 Å². The number of nitrogens with one attached hydrogen (secondary N) is 1. The number of carbonyl (C=O) groups excluding carboxylic acids is 1. The fraction of sp³-hybridized carbons (Fsp3) is 0.417. The van der Waals surface area contributed by atoms with Gasteiger partial charge in [0.25, 0.3) is 5.91 Å². The summed E-state index contributed by atoms with van der Waals surface area (Å²) >= 11 is 0. The van der Waals surface area contributed by atoms with E-state index in [1.54, 1.807) is 18.6 Å². The Balaban J connectivity index is 1.87. The zero-order valence-electron chi connectivity index (χ0n) is 10.2. The predicted molar refractivity (Wildman–Crippen MR) is 65.1 cm³/mol. The number of rotatable bonds is 2. The van der Waals surface area contributed by atoms with Crippen molar-refractivity contribution in [1.82, 2.24) is 30.0 Å². The highest BCUT2D eigenvalue weighted by Gasteiger charge is 2.39. The monoisotopic (exact) mass is 256 g/mol. The quantitative estimate of drug-likeness (QED) is 0.842. The first-order chi connectivity index (χ1) is 9.34. The molecule has 0 bridgehead atoms. The third-order valence-electron chi connectivity index (χ3n) is 3.66. The van der Waals surface area contributed by atoms with Gasteiger partial charge in [0.15, 0.2) is 5.82 Å². The van der Waals surface area contributed by atoms with E-state index in [1.807, 2.05) is 4.57 Å². The van der Waals surface area contributed by atoms with Gasteiger partial charge in [-0.1, -0.05) is 0 Å². The normalized spacial score (nSPS) is 21.9. The van der Waals surface area contributed by atoms with Gasteiger partial charge >= 0.3 is 0 Å². The average Bonchev–Trinajstić information content (AvgIpc) is 3.18. The van der Waals surface area contributed by atoms with Crippen molar-refractivity contribution in [1.29, 1.82) is 0 Å². The van der Waals surface area contributed by atoms with Gasteiger partial charge in [-0.2, -0.15) is 0 Å². The van der Waals surface area contributed by atoms with Gasteiger partial charge in [0, 0.05) is 18.9 Å². The minimum absolute atomic E-state index is 0.167. The van der Waals surface area contributed by atoms with Gasteiger partial charge < -0.3 is 5.32 Å². The van der Waals surface area contributed by atoms with Crippen molar-refractivity contribution in [2.45, 2.75) is 18.9 Å². The van der Waals surface area contributed by atoms with Gasteiger partial charge in [0.2, 0.25) is 5.82 Å². The number of nitrogens with zero attached hydrogens (tertiary/aromatic N) is 5. The highest BCUT2D eigenvalue weighted by Crippen LogP contribution is 2.42. The van der Waals surface area contributed by atoms with Gasteiger partial charge in [-0.15, -0.1) is 10.2 Å². The summed E-state index contributed by atoms with van der Waals surface area (Å²) in [4.78, 5) is 20.1. The molecular formula is C12H12N6O. The lowest BCUT2D eigenvalue weighted by Gasteiger charge is -2.25. The summed E-state index contributed by atoms with van der Waals surface area (Å²) in [5.74, 6) is 1.45. The Hall–Kier alpha value is -2.31. The molecule has 0 saturated heterocycles. The van der Waals surface area contributed by atoms with Crippen molar-refractivity contribution < 1.29 is 4.79 Å².